The summed E-state index contributed by atoms with van der Waals surface area (Å²) in [4.78, 5) is 2.99. The van der Waals surface area contributed by atoms with Gasteiger partial charge < -0.3 is 5.32 Å². The first-order chi connectivity index (χ1) is 9.67. The van der Waals surface area contributed by atoms with Gasteiger partial charge in [0, 0.05) is 20.3 Å². The number of hydrogen-bond donors (Lipinski definition) is 1. The summed E-state index contributed by atoms with van der Waals surface area (Å²) in [6.07, 6.45) is 12.7. The van der Waals surface area contributed by atoms with Crippen LogP contribution in [0.15, 0.2) is 10.5 Å². The second kappa shape index (κ2) is 6.50. The Morgan fingerprint density at radius 1 is 1.30 bits per heavy atom. The van der Waals surface area contributed by atoms with Gasteiger partial charge in [-0.05, 0) is 85.8 Å². The second-order valence-corrected chi connectivity index (χ2v) is 9.00. The lowest BCUT2D eigenvalue weighted by molar-refractivity contribution is 0.245. The van der Waals surface area contributed by atoms with Crippen LogP contribution in [0.3, 0.4) is 0 Å². The second-order valence-electron chi connectivity index (χ2n) is 6.80. The highest BCUT2D eigenvalue weighted by molar-refractivity contribution is 9.10. The van der Waals surface area contributed by atoms with Gasteiger partial charge in [0.15, 0.2) is 0 Å². The molecule has 2 fully saturated rings. The van der Waals surface area contributed by atoms with Crippen LogP contribution in [-0.4, -0.2) is 12.6 Å². The van der Waals surface area contributed by atoms with Gasteiger partial charge in [0.1, 0.15) is 0 Å². The lowest BCUT2D eigenvalue weighted by Crippen LogP contribution is -2.26. The van der Waals surface area contributed by atoms with E-state index in [1.807, 2.05) is 11.3 Å². The largest absolute Gasteiger partial charge is 0.314 e. The van der Waals surface area contributed by atoms with E-state index >= 15 is 0 Å². The zero-order valence-corrected chi connectivity index (χ0v) is 14.9. The Balaban J connectivity index is 1.52. The van der Waals surface area contributed by atoms with Crippen LogP contribution in [0.4, 0.5) is 0 Å². The van der Waals surface area contributed by atoms with Crippen molar-refractivity contribution in [2.24, 2.45) is 5.41 Å². The Hall–Kier alpha value is 0.140. The molecule has 112 valence electrons. The fraction of sp³-hybridized carbons (Fsp3) is 0.765. The van der Waals surface area contributed by atoms with Gasteiger partial charge >= 0.3 is 0 Å². The molecular formula is C17H26BrNS. The Kier molecular flexibility index (Phi) is 4.89. The molecule has 1 aromatic heterocycles. The van der Waals surface area contributed by atoms with E-state index < -0.39 is 0 Å². The maximum atomic E-state index is 3.71. The Labute approximate surface area is 135 Å². The number of rotatable bonds is 7. The first-order valence-corrected chi connectivity index (χ1v) is 9.76. The molecule has 0 aliphatic heterocycles. The van der Waals surface area contributed by atoms with E-state index in [1.165, 1.54) is 73.7 Å². The Bertz CT molecular complexity index is 424. The summed E-state index contributed by atoms with van der Waals surface area (Å²) in [7, 11) is 0. The minimum absolute atomic E-state index is 0.645. The maximum Gasteiger partial charge on any atom is 0.0314 e. The van der Waals surface area contributed by atoms with E-state index in [1.54, 1.807) is 4.88 Å². The van der Waals surface area contributed by atoms with E-state index in [0.29, 0.717) is 5.41 Å². The molecule has 0 atom stereocenters. The fourth-order valence-corrected chi connectivity index (χ4v) is 5.21. The van der Waals surface area contributed by atoms with Gasteiger partial charge in [-0.1, -0.05) is 12.8 Å². The molecular weight excluding hydrogens is 330 g/mol. The first kappa shape index (κ1) is 15.1. The molecule has 1 nitrogen and oxygen atoms in total. The van der Waals surface area contributed by atoms with Crippen molar-refractivity contribution >= 4 is 27.3 Å². The molecule has 0 unspecified atom stereocenters. The van der Waals surface area contributed by atoms with E-state index in [4.69, 9.17) is 0 Å². The van der Waals surface area contributed by atoms with Crippen LogP contribution in [0.2, 0.25) is 0 Å². The molecule has 0 aromatic carbocycles. The van der Waals surface area contributed by atoms with Gasteiger partial charge in [-0.2, -0.15) is 0 Å². The third-order valence-electron chi connectivity index (χ3n) is 5.14. The smallest absolute Gasteiger partial charge is 0.0314 e. The monoisotopic (exact) mass is 355 g/mol. The molecule has 2 saturated carbocycles. The summed E-state index contributed by atoms with van der Waals surface area (Å²) in [5.41, 5.74) is 0.645. The van der Waals surface area contributed by atoms with E-state index in [0.717, 1.165) is 6.04 Å². The van der Waals surface area contributed by atoms with E-state index in [9.17, 15) is 0 Å². The van der Waals surface area contributed by atoms with Gasteiger partial charge in [0.25, 0.3) is 0 Å². The van der Waals surface area contributed by atoms with E-state index in [2.05, 4.69) is 34.2 Å². The predicted molar refractivity (Wildman–Crippen MR) is 91.6 cm³/mol. The van der Waals surface area contributed by atoms with Gasteiger partial charge in [0.2, 0.25) is 0 Å². The minimum Gasteiger partial charge on any atom is -0.314 e. The molecule has 1 N–H and O–H groups in total. The molecule has 2 aliphatic carbocycles. The van der Waals surface area contributed by atoms with Gasteiger partial charge in [-0.15, -0.1) is 11.3 Å². The molecule has 2 aliphatic rings. The first-order valence-electron chi connectivity index (χ1n) is 8.15. The normalized spacial score (nSPS) is 21.5. The standard InChI is InChI=1S/C17H26BrNS/c1-13-16(18)12-15(20-13)6-9-17(7-2-3-8-17)10-11-19-14-4-5-14/h12,14,19H,2-11H2,1H3. The van der Waals surface area contributed by atoms with Crippen molar-refractivity contribution in [1.82, 2.24) is 5.32 Å². The maximum absolute atomic E-state index is 3.71. The third kappa shape index (κ3) is 3.86. The molecule has 3 rings (SSSR count). The van der Waals surface area contributed by atoms with Gasteiger partial charge in [0.05, 0.1) is 0 Å². The van der Waals surface area contributed by atoms with Crippen molar-refractivity contribution in [2.75, 3.05) is 6.54 Å². The molecule has 0 amide bonds. The van der Waals surface area contributed by atoms with Crippen molar-refractivity contribution in [2.45, 2.75) is 70.8 Å². The minimum atomic E-state index is 0.645. The van der Waals surface area contributed by atoms with E-state index in [-0.39, 0.29) is 0 Å². The summed E-state index contributed by atoms with van der Waals surface area (Å²) >= 11 is 5.62. The van der Waals surface area contributed by atoms with Crippen molar-refractivity contribution in [3.8, 4) is 0 Å². The third-order valence-corrected chi connectivity index (χ3v) is 7.34. The molecule has 1 heterocycles. The van der Waals surface area contributed by atoms with Crippen LogP contribution >= 0.6 is 27.3 Å². The fourth-order valence-electron chi connectivity index (χ4n) is 3.61. The molecule has 1 aromatic rings. The summed E-state index contributed by atoms with van der Waals surface area (Å²) in [5.74, 6) is 0. The number of hydrogen-bond acceptors (Lipinski definition) is 2. The lowest BCUT2D eigenvalue weighted by Gasteiger charge is -2.29. The quantitative estimate of drug-likeness (QED) is 0.685. The molecule has 0 bridgehead atoms. The molecule has 0 spiro atoms. The Morgan fingerprint density at radius 3 is 2.65 bits per heavy atom. The summed E-state index contributed by atoms with van der Waals surface area (Å²) < 4.78 is 1.30. The van der Waals surface area contributed by atoms with Gasteiger partial charge in [-0.3, -0.25) is 0 Å². The lowest BCUT2D eigenvalue weighted by atomic mass is 9.78. The van der Waals surface area contributed by atoms with Crippen LogP contribution in [0.1, 0.15) is 61.1 Å². The average Bonchev–Trinajstić information content (AvgIpc) is 3.03. The van der Waals surface area contributed by atoms with Crippen molar-refractivity contribution < 1.29 is 0 Å². The van der Waals surface area contributed by atoms with Gasteiger partial charge in [-0.25, -0.2) is 0 Å². The summed E-state index contributed by atoms with van der Waals surface area (Å²) in [6, 6.07) is 3.20. The highest BCUT2D eigenvalue weighted by Gasteiger charge is 2.33. The number of aryl methyl sites for hydroxylation is 2. The molecule has 3 heteroatoms. The Morgan fingerprint density at radius 2 is 2.05 bits per heavy atom. The molecule has 0 saturated heterocycles. The van der Waals surface area contributed by atoms with Crippen molar-refractivity contribution in [3.63, 3.8) is 0 Å². The number of thiophene rings is 1. The van der Waals surface area contributed by atoms with Crippen LogP contribution in [0.5, 0.6) is 0 Å². The topological polar surface area (TPSA) is 12.0 Å². The molecule has 20 heavy (non-hydrogen) atoms. The average molecular weight is 356 g/mol. The van der Waals surface area contributed by atoms with Crippen LogP contribution in [0, 0.1) is 12.3 Å². The van der Waals surface area contributed by atoms with Crippen LogP contribution in [0.25, 0.3) is 0 Å². The summed E-state index contributed by atoms with van der Waals surface area (Å²) in [6.45, 7) is 3.46. The molecule has 0 radical (unpaired) electrons. The SMILES string of the molecule is Cc1sc(CCC2(CCNC3CC3)CCCC2)cc1Br. The summed E-state index contributed by atoms with van der Waals surface area (Å²) in [5, 5.41) is 3.71. The highest BCUT2D eigenvalue weighted by Crippen LogP contribution is 2.45. The zero-order valence-electron chi connectivity index (χ0n) is 12.5. The number of halogens is 1. The van der Waals surface area contributed by atoms with Crippen molar-refractivity contribution in [3.05, 3.63) is 20.3 Å². The highest BCUT2D eigenvalue weighted by atomic mass is 79.9. The van der Waals surface area contributed by atoms with Crippen LogP contribution < -0.4 is 5.32 Å². The van der Waals surface area contributed by atoms with Crippen LogP contribution in [-0.2, 0) is 6.42 Å². The number of nitrogens with one attached hydrogen (secondary N) is 1. The van der Waals surface area contributed by atoms with Crippen molar-refractivity contribution in [1.29, 1.82) is 0 Å². The zero-order chi connectivity index (χ0) is 14.0. The predicted octanol–water partition coefficient (Wildman–Crippen LogP) is 5.45.